The predicted octanol–water partition coefficient (Wildman–Crippen LogP) is 4.35. The zero-order valence-corrected chi connectivity index (χ0v) is 23.2. The van der Waals surface area contributed by atoms with Gasteiger partial charge in [-0.05, 0) is 77.2 Å². The molecule has 9 nitrogen and oxygen atoms in total. The Kier molecular flexibility index (Phi) is 7.38. The van der Waals surface area contributed by atoms with E-state index in [0.717, 1.165) is 68.5 Å². The Morgan fingerprint density at radius 2 is 1.68 bits per heavy atom. The van der Waals surface area contributed by atoms with Gasteiger partial charge in [0, 0.05) is 45.0 Å². The number of likely N-dealkylation sites (tertiary alicyclic amines) is 1. The van der Waals surface area contributed by atoms with E-state index in [1.165, 1.54) is 12.1 Å². The van der Waals surface area contributed by atoms with Gasteiger partial charge in [0.2, 0.25) is 11.8 Å². The van der Waals surface area contributed by atoms with Crippen LogP contribution in [0.15, 0.2) is 18.2 Å². The van der Waals surface area contributed by atoms with Crippen molar-refractivity contribution >= 4 is 34.5 Å². The molecule has 1 N–H and O–H groups in total. The summed E-state index contributed by atoms with van der Waals surface area (Å²) < 4.78 is 7.44. The van der Waals surface area contributed by atoms with E-state index in [-0.39, 0.29) is 23.8 Å². The van der Waals surface area contributed by atoms with Crippen LogP contribution in [-0.4, -0.2) is 64.4 Å². The van der Waals surface area contributed by atoms with Crippen molar-refractivity contribution in [1.82, 2.24) is 20.0 Å². The van der Waals surface area contributed by atoms with E-state index >= 15 is 0 Å². The number of fused-ring (bicyclic) bond motifs is 1. The van der Waals surface area contributed by atoms with Crippen LogP contribution in [0.4, 0.5) is 10.5 Å². The number of hydrogen-bond donors (Lipinski definition) is 1. The van der Waals surface area contributed by atoms with Gasteiger partial charge in [-0.25, -0.2) is 4.79 Å². The average Bonchev–Trinajstić information content (AvgIpc) is 3.20. The summed E-state index contributed by atoms with van der Waals surface area (Å²) in [5.41, 5.74) is 2.54. The summed E-state index contributed by atoms with van der Waals surface area (Å²) in [6, 6.07) is 6.26. The number of nitrogens with zero attached hydrogens (tertiary/aromatic N) is 4. The van der Waals surface area contributed by atoms with Crippen molar-refractivity contribution in [3.63, 3.8) is 0 Å². The summed E-state index contributed by atoms with van der Waals surface area (Å²) in [4.78, 5) is 40.9. The van der Waals surface area contributed by atoms with E-state index in [1.54, 1.807) is 0 Å². The number of anilines is 1. The molecule has 0 aliphatic carbocycles. The van der Waals surface area contributed by atoms with Crippen LogP contribution >= 0.6 is 0 Å². The first-order valence-corrected chi connectivity index (χ1v) is 14.1. The number of para-hydroxylation sites is 1. The van der Waals surface area contributed by atoms with E-state index in [2.05, 4.69) is 22.3 Å². The third-order valence-corrected chi connectivity index (χ3v) is 8.33. The number of imide groups is 1. The molecule has 206 valence electrons. The summed E-state index contributed by atoms with van der Waals surface area (Å²) >= 11 is 0. The van der Waals surface area contributed by atoms with Crippen molar-refractivity contribution in [1.29, 1.82) is 0 Å². The number of rotatable bonds is 4. The molecular weight excluding hydrogens is 482 g/mol. The van der Waals surface area contributed by atoms with Crippen LogP contribution in [0.3, 0.4) is 0 Å². The molecule has 1 unspecified atom stereocenters. The van der Waals surface area contributed by atoms with Gasteiger partial charge >= 0.3 is 6.09 Å². The number of carbonyl (C=O) groups excluding carboxylic acids is 3. The van der Waals surface area contributed by atoms with Crippen LogP contribution in [-0.2, 0) is 21.4 Å². The maximum Gasteiger partial charge on any atom is 0.410 e. The van der Waals surface area contributed by atoms with Gasteiger partial charge in [0.15, 0.2) is 0 Å². The SMILES string of the molecule is Cn1nc(C2CCC(=O)NC2=O)c2cccc(N3CCC(CC4CCN(C(=O)OC(C)(C)C)CC4)CC3)c21. The van der Waals surface area contributed by atoms with E-state index in [1.807, 2.05) is 43.5 Å². The first-order chi connectivity index (χ1) is 18.1. The molecule has 3 saturated heterocycles. The molecule has 0 bridgehead atoms. The highest BCUT2D eigenvalue weighted by Crippen LogP contribution is 2.37. The van der Waals surface area contributed by atoms with Gasteiger partial charge in [0.25, 0.3) is 0 Å². The second-order valence-corrected chi connectivity index (χ2v) is 12.3. The van der Waals surface area contributed by atoms with Crippen LogP contribution < -0.4 is 10.2 Å². The number of aromatic nitrogens is 2. The van der Waals surface area contributed by atoms with Gasteiger partial charge in [0.1, 0.15) is 5.60 Å². The highest BCUT2D eigenvalue weighted by molar-refractivity contribution is 6.03. The fourth-order valence-corrected chi connectivity index (χ4v) is 6.37. The van der Waals surface area contributed by atoms with Crippen molar-refractivity contribution in [2.24, 2.45) is 18.9 Å². The fourth-order valence-electron chi connectivity index (χ4n) is 6.37. The van der Waals surface area contributed by atoms with Gasteiger partial charge in [-0.2, -0.15) is 5.10 Å². The molecule has 9 heteroatoms. The first kappa shape index (κ1) is 26.5. The Morgan fingerprint density at radius 1 is 1.03 bits per heavy atom. The summed E-state index contributed by atoms with van der Waals surface area (Å²) in [6.07, 6.45) is 6.31. The van der Waals surface area contributed by atoms with Crippen LogP contribution in [0.25, 0.3) is 10.9 Å². The molecular formula is C29H41N5O4. The first-order valence-electron chi connectivity index (χ1n) is 14.1. The molecule has 38 heavy (non-hydrogen) atoms. The lowest BCUT2D eigenvalue weighted by atomic mass is 9.82. The van der Waals surface area contributed by atoms with E-state index in [0.29, 0.717) is 24.7 Å². The number of nitrogens with one attached hydrogen (secondary N) is 1. The van der Waals surface area contributed by atoms with Gasteiger partial charge in [0.05, 0.1) is 22.8 Å². The summed E-state index contributed by atoms with van der Waals surface area (Å²) in [5, 5.41) is 8.23. The van der Waals surface area contributed by atoms with Crippen molar-refractivity contribution in [2.45, 2.75) is 77.2 Å². The number of hydrogen-bond acceptors (Lipinski definition) is 6. The molecule has 1 aromatic heterocycles. The van der Waals surface area contributed by atoms with Crippen molar-refractivity contribution in [2.75, 3.05) is 31.1 Å². The Balaban J connectivity index is 1.18. The highest BCUT2D eigenvalue weighted by Gasteiger charge is 2.33. The molecule has 0 saturated carbocycles. The predicted molar refractivity (Wildman–Crippen MR) is 146 cm³/mol. The van der Waals surface area contributed by atoms with Gasteiger partial charge < -0.3 is 14.5 Å². The molecule has 2 aromatic rings. The topological polar surface area (TPSA) is 96.8 Å². The molecule has 5 rings (SSSR count). The van der Waals surface area contributed by atoms with Crippen LogP contribution in [0.5, 0.6) is 0 Å². The number of ether oxygens (including phenoxy) is 1. The molecule has 0 radical (unpaired) electrons. The average molecular weight is 524 g/mol. The zero-order valence-electron chi connectivity index (χ0n) is 23.2. The molecule has 3 fully saturated rings. The number of piperidine rings is 3. The van der Waals surface area contributed by atoms with E-state index in [4.69, 9.17) is 9.84 Å². The maximum atomic E-state index is 12.5. The lowest BCUT2D eigenvalue weighted by Crippen LogP contribution is -2.42. The maximum absolute atomic E-state index is 12.5. The molecule has 0 spiro atoms. The summed E-state index contributed by atoms with van der Waals surface area (Å²) in [7, 11) is 1.94. The Bertz CT molecular complexity index is 1200. The standard InChI is InChI=1S/C29H41N5O4/c1-29(2,3)38-28(37)34-16-12-20(13-17-34)18-19-10-14-33(15-11-19)23-7-5-6-21-25(31-32(4)26(21)23)22-8-9-24(35)30-27(22)36/h5-7,19-20,22H,8-18H2,1-4H3,(H,30,35,36). The van der Waals surface area contributed by atoms with Crippen LogP contribution in [0.1, 0.15) is 77.3 Å². The molecule has 4 heterocycles. The van der Waals surface area contributed by atoms with Crippen LogP contribution in [0, 0.1) is 11.8 Å². The fraction of sp³-hybridized carbons (Fsp3) is 0.655. The largest absolute Gasteiger partial charge is 0.444 e. The van der Waals surface area contributed by atoms with Gasteiger partial charge in [-0.15, -0.1) is 0 Å². The molecule has 1 atom stereocenters. The van der Waals surface area contributed by atoms with Crippen molar-refractivity contribution in [3.05, 3.63) is 23.9 Å². The second kappa shape index (κ2) is 10.6. The third-order valence-electron chi connectivity index (χ3n) is 8.33. The summed E-state index contributed by atoms with van der Waals surface area (Å²) in [5.74, 6) is 0.531. The minimum absolute atomic E-state index is 0.186. The van der Waals surface area contributed by atoms with Crippen LogP contribution in [0.2, 0.25) is 0 Å². The Hall–Kier alpha value is -3.10. The number of benzene rings is 1. The molecule has 1 aromatic carbocycles. The number of amides is 3. The number of aryl methyl sites for hydroxylation is 1. The zero-order chi connectivity index (χ0) is 27.0. The van der Waals surface area contributed by atoms with E-state index < -0.39 is 5.60 Å². The minimum atomic E-state index is -0.450. The molecule has 3 amide bonds. The smallest absolute Gasteiger partial charge is 0.410 e. The molecule has 3 aliphatic heterocycles. The van der Waals surface area contributed by atoms with Crippen molar-refractivity contribution < 1.29 is 19.1 Å². The summed E-state index contributed by atoms with van der Waals surface area (Å²) in [6.45, 7) is 9.31. The van der Waals surface area contributed by atoms with Gasteiger partial charge in [-0.1, -0.05) is 12.1 Å². The van der Waals surface area contributed by atoms with Crippen molar-refractivity contribution in [3.8, 4) is 0 Å². The number of carbonyl (C=O) groups is 3. The minimum Gasteiger partial charge on any atom is -0.444 e. The molecule has 3 aliphatic rings. The normalized spacial score (nSPS) is 22.2. The highest BCUT2D eigenvalue weighted by atomic mass is 16.6. The quantitative estimate of drug-likeness (QED) is 0.599. The van der Waals surface area contributed by atoms with E-state index in [9.17, 15) is 14.4 Å². The second-order valence-electron chi connectivity index (χ2n) is 12.3. The lowest BCUT2D eigenvalue weighted by Gasteiger charge is -2.38. The lowest BCUT2D eigenvalue weighted by molar-refractivity contribution is -0.134. The van der Waals surface area contributed by atoms with Gasteiger partial charge in [-0.3, -0.25) is 19.6 Å². The Labute approximate surface area is 224 Å². The third kappa shape index (κ3) is 5.66. The Morgan fingerprint density at radius 3 is 2.32 bits per heavy atom. The monoisotopic (exact) mass is 523 g/mol.